The predicted octanol–water partition coefficient (Wildman–Crippen LogP) is 3.92. The van der Waals surface area contributed by atoms with Crippen LogP contribution in [-0.2, 0) is 31.8 Å². The average Bonchev–Trinajstić information content (AvgIpc) is 3.38. The third kappa shape index (κ3) is 4.05. The number of aryl methyl sites for hydroxylation is 1. The van der Waals surface area contributed by atoms with Crippen molar-refractivity contribution in [1.29, 1.82) is 0 Å². The van der Waals surface area contributed by atoms with E-state index in [1.807, 2.05) is 73.5 Å². The normalized spacial score (nSPS) is 21.4. The number of carbonyl (C=O) groups excluding carboxylic acids is 1. The molecular formula is C26H27N3O5S. The second-order valence-corrected chi connectivity index (χ2v) is 10.7. The number of benzene rings is 3. The predicted molar refractivity (Wildman–Crippen MR) is 131 cm³/mol. The second-order valence-electron chi connectivity index (χ2n) is 8.84. The Balaban J connectivity index is 1.41. The fourth-order valence-corrected chi connectivity index (χ4v) is 6.61. The third-order valence-electron chi connectivity index (χ3n) is 6.66. The number of likely N-dealkylation sites (N-methyl/N-ethyl adjacent to an activating group) is 1. The van der Waals surface area contributed by atoms with E-state index in [9.17, 15) is 13.2 Å². The molecule has 1 N–H and O–H groups in total. The summed E-state index contributed by atoms with van der Waals surface area (Å²) in [7, 11) is -1.98. The van der Waals surface area contributed by atoms with Crippen LogP contribution in [-0.4, -0.2) is 38.6 Å². The minimum absolute atomic E-state index is 0.0941. The highest BCUT2D eigenvalue weighted by Gasteiger charge is 2.61. The van der Waals surface area contributed by atoms with Gasteiger partial charge in [-0.25, -0.2) is 13.2 Å². The molecule has 182 valence electrons. The minimum atomic E-state index is -3.82. The van der Waals surface area contributed by atoms with Gasteiger partial charge in [-0.05, 0) is 30.7 Å². The molecular weight excluding hydrogens is 466 g/mol. The molecule has 2 heterocycles. The van der Waals surface area contributed by atoms with E-state index in [1.54, 1.807) is 24.3 Å². The van der Waals surface area contributed by atoms with Gasteiger partial charge in [0.1, 0.15) is 12.8 Å². The molecule has 0 aromatic heterocycles. The van der Waals surface area contributed by atoms with Crippen molar-refractivity contribution < 1.29 is 22.8 Å². The Morgan fingerprint density at radius 3 is 2.46 bits per heavy atom. The zero-order valence-electron chi connectivity index (χ0n) is 19.5. The number of ether oxygens (including phenoxy) is 1. The molecule has 3 aromatic rings. The number of fused-ring (bicyclic) bond motifs is 3. The molecule has 9 heteroatoms. The van der Waals surface area contributed by atoms with Crippen molar-refractivity contribution >= 4 is 21.8 Å². The van der Waals surface area contributed by atoms with Crippen molar-refractivity contribution in [3.05, 3.63) is 95.6 Å². The van der Waals surface area contributed by atoms with E-state index in [4.69, 9.17) is 9.57 Å². The van der Waals surface area contributed by atoms with Crippen LogP contribution in [0.5, 0.6) is 0 Å². The molecule has 8 nitrogen and oxygen atoms in total. The molecule has 1 amide bonds. The molecule has 3 aromatic carbocycles. The van der Waals surface area contributed by atoms with Crippen LogP contribution in [0.15, 0.2) is 83.8 Å². The van der Waals surface area contributed by atoms with Crippen LogP contribution in [0.3, 0.4) is 0 Å². The first-order chi connectivity index (χ1) is 16.8. The van der Waals surface area contributed by atoms with Crippen LogP contribution in [0.1, 0.15) is 23.1 Å². The highest BCUT2D eigenvalue weighted by molar-refractivity contribution is 7.89. The summed E-state index contributed by atoms with van der Waals surface area (Å²) in [4.78, 5) is 20.7. The summed E-state index contributed by atoms with van der Waals surface area (Å²) in [6.45, 7) is 2.24. The van der Waals surface area contributed by atoms with Gasteiger partial charge in [-0.1, -0.05) is 66.2 Å². The first-order valence-corrected chi connectivity index (χ1v) is 12.8. The summed E-state index contributed by atoms with van der Waals surface area (Å²) in [6, 6.07) is 23.7. The van der Waals surface area contributed by atoms with Crippen molar-refractivity contribution in [3.63, 3.8) is 0 Å². The largest absolute Gasteiger partial charge is 0.443 e. The van der Waals surface area contributed by atoms with Crippen LogP contribution in [0.25, 0.3) is 0 Å². The standard InChI is InChI=1S/C26H27N3O5S/c1-19-12-14-21(15-13-19)35(31,32)29-17-16-26(22-10-6-7-11-23(22)28(2)24(26)29)34-27-25(30)33-18-20-8-4-3-5-9-20/h3-15,24H,16-18H2,1-2H3,(H,27,30). The van der Waals surface area contributed by atoms with Gasteiger partial charge < -0.3 is 9.64 Å². The van der Waals surface area contributed by atoms with Gasteiger partial charge in [-0.3, -0.25) is 4.84 Å². The summed E-state index contributed by atoms with van der Waals surface area (Å²) in [5.41, 5.74) is 4.83. The molecule has 1 saturated heterocycles. The zero-order chi connectivity index (χ0) is 24.6. The molecule has 0 bridgehead atoms. The lowest BCUT2D eigenvalue weighted by Crippen LogP contribution is -2.53. The SMILES string of the molecule is Cc1ccc(S(=O)(=O)N2CCC3(ONC(=O)OCc4ccccc4)c4ccccc4N(C)C23)cc1. The maximum atomic E-state index is 13.7. The molecule has 2 unspecified atom stereocenters. The van der Waals surface area contributed by atoms with Crippen LogP contribution in [0.4, 0.5) is 10.5 Å². The molecule has 35 heavy (non-hydrogen) atoms. The van der Waals surface area contributed by atoms with Gasteiger partial charge in [-0.2, -0.15) is 9.79 Å². The molecule has 0 radical (unpaired) electrons. The second kappa shape index (κ2) is 8.99. The average molecular weight is 494 g/mol. The summed E-state index contributed by atoms with van der Waals surface area (Å²) < 4.78 is 34.1. The molecule has 1 fully saturated rings. The van der Waals surface area contributed by atoms with E-state index in [2.05, 4.69) is 5.48 Å². The Hall–Kier alpha value is -3.40. The van der Waals surface area contributed by atoms with E-state index < -0.39 is 27.9 Å². The molecule has 0 spiro atoms. The van der Waals surface area contributed by atoms with E-state index in [1.165, 1.54) is 4.31 Å². The number of amides is 1. The number of hydrogen-bond acceptors (Lipinski definition) is 6. The summed E-state index contributed by atoms with van der Waals surface area (Å²) >= 11 is 0. The molecule has 0 aliphatic carbocycles. The van der Waals surface area contributed by atoms with Gasteiger partial charge in [-0.15, -0.1) is 0 Å². The number of anilines is 1. The van der Waals surface area contributed by atoms with Crippen molar-refractivity contribution in [2.45, 2.75) is 36.6 Å². The van der Waals surface area contributed by atoms with Gasteiger partial charge in [0, 0.05) is 31.3 Å². The molecule has 2 aliphatic heterocycles. The summed E-state index contributed by atoms with van der Waals surface area (Å²) in [5, 5.41) is 0. The molecule has 5 rings (SSSR count). The maximum Gasteiger partial charge on any atom is 0.431 e. The molecule has 2 atom stereocenters. The van der Waals surface area contributed by atoms with Crippen LogP contribution in [0, 0.1) is 6.92 Å². The number of para-hydroxylation sites is 1. The van der Waals surface area contributed by atoms with E-state index >= 15 is 0 Å². The van der Waals surface area contributed by atoms with Crippen molar-refractivity contribution in [2.24, 2.45) is 0 Å². The van der Waals surface area contributed by atoms with Gasteiger partial charge >= 0.3 is 6.09 Å². The number of sulfonamides is 1. The Labute approximate surface area is 205 Å². The highest BCUT2D eigenvalue weighted by atomic mass is 32.2. The van der Waals surface area contributed by atoms with Crippen LogP contribution < -0.4 is 10.4 Å². The van der Waals surface area contributed by atoms with E-state index in [0.29, 0.717) is 6.42 Å². The fraction of sp³-hybridized carbons (Fsp3) is 0.269. The summed E-state index contributed by atoms with van der Waals surface area (Å²) in [6.07, 6.45) is -1.06. The lowest BCUT2D eigenvalue weighted by atomic mass is 9.93. The first kappa shape index (κ1) is 23.3. The summed E-state index contributed by atoms with van der Waals surface area (Å²) in [5.74, 6) is 0. The third-order valence-corrected chi connectivity index (χ3v) is 8.52. The van der Waals surface area contributed by atoms with E-state index in [-0.39, 0.29) is 18.0 Å². The Bertz CT molecular complexity index is 1330. The Morgan fingerprint density at radius 2 is 1.71 bits per heavy atom. The van der Waals surface area contributed by atoms with Crippen LogP contribution in [0.2, 0.25) is 0 Å². The number of rotatable bonds is 6. The fourth-order valence-electron chi connectivity index (χ4n) is 4.95. The topological polar surface area (TPSA) is 88.2 Å². The first-order valence-electron chi connectivity index (χ1n) is 11.4. The van der Waals surface area contributed by atoms with Crippen molar-refractivity contribution in [3.8, 4) is 0 Å². The van der Waals surface area contributed by atoms with Crippen LogP contribution >= 0.6 is 0 Å². The van der Waals surface area contributed by atoms with E-state index in [0.717, 1.165) is 22.4 Å². The highest BCUT2D eigenvalue weighted by Crippen LogP contribution is 2.53. The lowest BCUT2D eigenvalue weighted by Gasteiger charge is -2.35. The van der Waals surface area contributed by atoms with Crippen molar-refractivity contribution in [1.82, 2.24) is 9.79 Å². The monoisotopic (exact) mass is 493 g/mol. The Morgan fingerprint density at radius 1 is 1.03 bits per heavy atom. The Kier molecular flexibility index (Phi) is 6.00. The number of hydrogen-bond donors (Lipinski definition) is 1. The van der Waals surface area contributed by atoms with Gasteiger partial charge in [0.05, 0.1) is 4.90 Å². The minimum Gasteiger partial charge on any atom is -0.443 e. The molecule has 2 aliphatic rings. The number of nitrogens with zero attached hydrogens (tertiary/aromatic N) is 2. The van der Waals surface area contributed by atoms with Crippen molar-refractivity contribution in [2.75, 3.05) is 18.5 Å². The van der Waals surface area contributed by atoms with Gasteiger partial charge in [0.25, 0.3) is 0 Å². The number of nitrogens with one attached hydrogen (secondary N) is 1. The maximum absolute atomic E-state index is 13.7. The number of carbonyl (C=O) groups is 1. The zero-order valence-corrected chi connectivity index (χ0v) is 20.4. The lowest BCUT2D eigenvalue weighted by molar-refractivity contribution is -0.110. The smallest absolute Gasteiger partial charge is 0.431 e. The van der Waals surface area contributed by atoms with Gasteiger partial charge in [0.2, 0.25) is 10.0 Å². The number of hydroxylamine groups is 1. The van der Waals surface area contributed by atoms with Gasteiger partial charge in [0.15, 0.2) is 5.60 Å². The quantitative estimate of drug-likeness (QED) is 0.524. The molecule has 0 saturated carbocycles.